The van der Waals surface area contributed by atoms with Crippen molar-refractivity contribution in [2.24, 2.45) is 4.99 Å². The van der Waals surface area contributed by atoms with Crippen LogP contribution < -0.4 is 10.6 Å². The molecular weight excluding hydrogens is 346 g/mol. The molecule has 0 bridgehead atoms. The lowest BCUT2D eigenvalue weighted by Crippen LogP contribution is -2.43. The van der Waals surface area contributed by atoms with E-state index >= 15 is 0 Å². The highest BCUT2D eigenvalue weighted by Gasteiger charge is 2.18. The van der Waals surface area contributed by atoms with Crippen molar-refractivity contribution in [1.82, 2.24) is 20.5 Å². The van der Waals surface area contributed by atoms with Crippen LogP contribution in [0.1, 0.15) is 57.2 Å². The van der Waals surface area contributed by atoms with Crippen LogP contribution in [0.15, 0.2) is 10.4 Å². The molecule has 0 aliphatic heterocycles. The fraction of sp³-hybridized carbons (Fsp3) is 0.737. The lowest BCUT2D eigenvalue weighted by molar-refractivity contribution is -0.127. The highest BCUT2D eigenvalue weighted by Crippen LogP contribution is 2.25. The molecule has 1 aromatic rings. The Kier molecular flexibility index (Phi) is 7.43. The summed E-state index contributed by atoms with van der Waals surface area (Å²) in [5.41, 5.74) is 1.21. The second kappa shape index (κ2) is 9.35. The van der Waals surface area contributed by atoms with Gasteiger partial charge in [-0.05, 0) is 12.8 Å². The molecule has 0 saturated heterocycles. The third-order valence-electron chi connectivity index (χ3n) is 4.43. The van der Waals surface area contributed by atoms with Crippen LogP contribution in [0.5, 0.6) is 0 Å². The summed E-state index contributed by atoms with van der Waals surface area (Å²) in [6.07, 6.45) is 5.71. The molecule has 1 fully saturated rings. The highest BCUT2D eigenvalue weighted by molar-refractivity contribution is 7.09. The third-order valence-corrected chi connectivity index (χ3v) is 5.75. The van der Waals surface area contributed by atoms with Crippen molar-refractivity contribution in [3.8, 4) is 0 Å². The molecule has 1 heterocycles. The van der Waals surface area contributed by atoms with Crippen LogP contribution in [-0.2, 0) is 16.6 Å². The second-order valence-corrected chi connectivity index (χ2v) is 9.01. The van der Waals surface area contributed by atoms with E-state index in [0.29, 0.717) is 6.04 Å². The van der Waals surface area contributed by atoms with E-state index < -0.39 is 0 Å². The summed E-state index contributed by atoms with van der Waals surface area (Å²) in [6.45, 7) is 7.48. The maximum absolute atomic E-state index is 11.8. The Balaban J connectivity index is 1.89. The minimum Gasteiger partial charge on any atom is -0.356 e. The van der Waals surface area contributed by atoms with Crippen molar-refractivity contribution in [1.29, 1.82) is 0 Å². The summed E-state index contributed by atoms with van der Waals surface area (Å²) in [6, 6.07) is 0.461. The largest absolute Gasteiger partial charge is 0.356 e. The number of carbonyl (C=O) groups excluding carboxylic acids is 1. The minimum atomic E-state index is 0.00634. The maximum atomic E-state index is 11.8. The lowest BCUT2D eigenvalue weighted by Gasteiger charge is -2.18. The molecule has 1 saturated carbocycles. The summed E-state index contributed by atoms with van der Waals surface area (Å²) >= 11 is 1.72. The first-order valence-electron chi connectivity index (χ1n) is 9.45. The first-order valence-corrected chi connectivity index (χ1v) is 10.3. The number of aromatic nitrogens is 1. The van der Waals surface area contributed by atoms with Gasteiger partial charge in [0.25, 0.3) is 0 Å². The monoisotopic (exact) mass is 379 g/mol. The molecule has 146 valence electrons. The van der Waals surface area contributed by atoms with Crippen molar-refractivity contribution in [2.45, 2.75) is 64.3 Å². The van der Waals surface area contributed by atoms with Gasteiger partial charge in [0.2, 0.25) is 5.91 Å². The predicted octanol–water partition coefficient (Wildman–Crippen LogP) is 2.55. The molecule has 1 amide bonds. The molecule has 0 unspecified atom stereocenters. The van der Waals surface area contributed by atoms with Crippen LogP contribution in [0, 0.1) is 0 Å². The zero-order valence-corrected chi connectivity index (χ0v) is 17.6. The molecule has 1 aromatic heterocycles. The van der Waals surface area contributed by atoms with Crippen LogP contribution in [0.25, 0.3) is 0 Å². The molecular formula is C19H33N5OS. The zero-order valence-electron chi connectivity index (χ0n) is 16.8. The van der Waals surface area contributed by atoms with Crippen molar-refractivity contribution in [3.05, 3.63) is 16.1 Å². The maximum Gasteiger partial charge on any atom is 0.243 e. The van der Waals surface area contributed by atoms with Crippen molar-refractivity contribution < 1.29 is 4.79 Å². The van der Waals surface area contributed by atoms with E-state index in [1.807, 2.05) is 0 Å². The van der Waals surface area contributed by atoms with E-state index in [1.165, 1.54) is 30.7 Å². The average molecular weight is 380 g/mol. The normalized spacial score (nSPS) is 16.0. The number of carbonyl (C=O) groups is 1. The third kappa shape index (κ3) is 6.59. The minimum absolute atomic E-state index is 0.00634. The van der Waals surface area contributed by atoms with Gasteiger partial charge in [-0.3, -0.25) is 4.79 Å². The average Bonchev–Trinajstić information content (AvgIpc) is 3.23. The van der Waals surface area contributed by atoms with E-state index in [2.05, 4.69) is 41.8 Å². The van der Waals surface area contributed by atoms with Gasteiger partial charge in [-0.1, -0.05) is 33.6 Å². The van der Waals surface area contributed by atoms with E-state index in [4.69, 9.17) is 4.98 Å². The first-order chi connectivity index (χ1) is 12.3. The van der Waals surface area contributed by atoms with Gasteiger partial charge in [0.05, 0.1) is 10.7 Å². The van der Waals surface area contributed by atoms with Gasteiger partial charge in [0.1, 0.15) is 6.54 Å². The van der Waals surface area contributed by atoms with E-state index in [0.717, 1.165) is 24.6 Å². The topological polar surface area (TPSA) is 69.6 Å². The predicted molar refractivity (Wildman–Crippen MR) is 109 cm³/mol. The highest BCUT2D eigenvalue weighted by atomic mass is 32.1. The smallest absolute Gasteiger partial charge is 0.243 e. The number of aliphatic imine (C=N–C) groups is 1. The number of hydrogen-bond acceptors (Lipinski definition) is 4. The lowest BCUT2D eigenvalue weighted by atomic mass is 9.98. The number of hydrogen-bond donors (Lipinski definition) is 2. The van der Waals surface area contributed by atoms with Crippen molar-refractivity contribution >= 4 is 23.2 Å². The van der Waals surface area contributed by atoms with Gasteiger partial charge in [-0.2, -0.15) is 0 Å². The standard InChI is InChI=1S/C19H33N5OS/c1-19(2,3)17-22-15(13-26-17)10-11-20-18(21-12-16(25)24(4)5)23-14-8-6-7-9-14/h13-14H,6-12H2,1-5H3,(H2,20,21,23). The number of rotatable bonds is 6. The van der Waals surface area contributed by atoms with E-state index in [1.54, 1.807) is 30.3 Å². The van der Waals surface area contributed by atoms with Crippen LogP contribution >= 0.6 is 11.3 Å². The van der Waals surface area contributed by atoms with Gasteiger partial charge >= 0.3 is 0 Å². The number of nitrogens with zero attached hydrogens (tertiary/aromatic N) is 3. The van der Waals surface area contributed by atoms with Crippen LogP contribution in [-0.4, -0.2) is 55.0 Å². The van der Waals surface area contributed by atoms with Crippen LogP contribution in [0.4, 0.5) is 0 Å². The van der Waals surface area contributed by atoms with Crippen LogP contribution in [0.2, 0.25) is 0 Å². The molecule has 0 spiro atoms. The Bertz CT molecular complexity index is 612. The summed E-state index contributed by atoms with van der Waals surface area (Å²) in [4.78, 5) is 22.6. The zero-order chi connectivity index (χ0) is 19.2. The van der Waals surface area contributed by atoms with Gasteiger partial charge in [0.15, 0.2) is 5.96 Å². The molecule has 6 nitrogen and oxygen atoms in total. The summed E-state index contributed by atoms with van der Waals surface area (Å²) in [5.74, 6) is 0.741. The summed E-state index contributed by atoms with van der Waals surface area (Å²) in [7, 11) is 3.51. The van der Waals surface area contributed by atoms with Crippen molar-refractivity contribution in [3.63, 3.8) is 0 Å². The number of guanidine groups is 1. The Morgan fingerprint density at radius 3 is 2.62 bits per heavy atom. The van der Waals surface area contributed by atoms with Gasteiger partial charge in [-0.15, -0.1) is 11.3 Å². The number of likely N-dealkylation sites (N-methyl/N-ethyl adjacent to an activating group) is 1. The second-order valence-electron chi connectivity index (χ2n) is 8.15. The van der Waals surface area contributed by atoms with E-state index in [-0.39, 0.29) is 17.9 Å². The van der Waals surface area contributed by atoms with Crippen LogP contribution in [0.3, 0.4) is 0 Å². The molecule has 2 N–H and O–H groups in total. The molecule has 0 aromatic carbocycles. The molecule has 1 aliphatic carbocycles. The van der Waals surface area contributed by atoms with E-state index in [9.17, 15) is 4.79 Å². The quantitative estimate of drug-likeness (QED) is 0.589. The van der Waals surface area contributed by atoms with Gasteiger partial charge in [-0.25, -0.2) is 9.98 Å². The number of nitrogens with one attached hydrogen (secondary N) is 2. The summed E-state index contributed by atoms with van der Waals surface area (Å²) < 4.78 is 0. The fourth-order valence-electron chi connectivity index (χ4n) is 2.78. The Hall–Kier alpha value is -1.63. The molecule has 2 rings (SSSR count). The molecule has 7 heteroatoms. The first kappa shape index (κ1) is 20.7. The Morgan fingerprint density at radius 1 is 1.35 bits per heavy atom. The Morgan fingerprint density at radius 2 is 2.04 bits per heavy atom. The SMILES string of the molecule is CN(C)C(=O)CN=C(NCCc1csc(C(C)(C)C)n1)NC1CCCC1. The number of thiazole rings is 1. The Labute approximate surface area is 161 Å². The molecule has 1 aliphatic rings. The number of amides is 1. The van der Waals surface area contributed by atoms with Gasteiger partial charge in [0, 0.05) is 43.9 Å². The summed E-state index contributed by atoms with van der Waals surface area (Å²) in [5, 5.41) is 10.2. The van der Waals surface area contributed by atoms with Crippen molar-refractivity contribution in [2.75, 3.05) is 27.2 Å². The fourth-order valence-corrected chi connectivity index (χ4v) is 3.72. The molecule has 0 atom stereocenters. The molecule has 26 heavy (non-hydrogen) atoms. The van der Waals surface area contributed by atoms with Gasteiger partial charge < -0.3 is 15.5 Å². The molecule has 0 radical (unpaired) electrons.